The number of halogens is 1. The summed E-state index contributed by atoms with van der Waals surface area (Å²) in [5.74, 6) is 0.485. The highest BCUT2D eigenvalue weighted by Gasteiger charge is 2.22. The number of rotatable bonds is 3. The fourth-order valence-electron chi connectivity index (χ4n) is 2.95. The molecule has 0 fully saturated rings. The molecule has 1 aliphatic carbocycles. The van der Waals surface area contributed by atoms with Crippen LogP contribution in [0.15, 0.2) is 42.6 Å². The number of Topliss-reactive ketones (excluding diaryl/α,β-unsaturated/α-hetero) is 1. The van der Waals surface area contributed by atoms with Gasteiger partial charge in [-0.05, 0) is 48.4 Å². The second-order valence-corrected chi connectivity index (χ2v) is 5.67. The van der Waals surface area contributed by atoms with Gasteiger partial charge in [0.1, 0.15) is 5.15 Å². The molecule has 0 saturated heterocycles. The number of carbonyl (C=O) groups excluding carboxylic acids is 1. The predicted octanol–water partition coefficient (Wildman–Crippen LogP) is 4.43. The first-order valence-electron chi connectivity index (χ1n) is 6.96. The van der Waals surface area contributed by atoms with E-state index in [9.17, 15) is 4.79 Å². The van der Waals surface area contributed by atoms with Gasteiger partial charge in [-0.3, -0.25) is 4.79 Å². The highest BCUT2D eigenvalue weighted by atomic mass is 35.5. The van der Waals surface area contributed by atoms with Crippen molar-refractivity contribution in [2.24, 2.45) is 0 Å². The molecule has 0 bridgehead atoms. The third-order valence-electron chi connectivity index (χ3n) is 3.97. The van der Waals surface area contributed by atoms with E-state index in [2.05, 4.69) is 29.2 Å². The average Bonchev–Trinajstić information content (AvgIpc) is 2.48. The number of pyridine rings is 1. The number of aryl methyl sites for hydroxylation is 1. The van der Waals surface area contributed by atoms with Gasteiger partial charge in [-0.25, -0.2) is 4.98 Å². The van der Waals surface area contributed by atoms with Gasteiger partial charge in [-0.15, -0.1) is 0 Å². The van der Waals surface area contributed by atoms with Crippen LogP contribution in [-0.4, -0.2) is 10.8 Å². The SMILES string of the molecule is O=C(CC1CCCc2ccccc21)c1ccc(Cl)nc1. The summed E-state index contributed by atoms with van der Waals surface area (Å²) in [7, 11) is 0. The van der Waals surface area contributed by atoms with E-state index in [1.54, 1.807) is 18.3 Å². The zero-order valence-electron chi connectivity index (χ0n) is 11.2. The van der Waals surface area contributed by atoms with Gasteiger partial charge in [0, 0.05) is 18.2 Å². The average molecular weight is 286 g/mol. The van der Waals surface area contributed by atoms with Crippen molar-refractivity contribution in [3.8, 4) is 0 Å². The number of ketones is 1. The molecule has 102 valence electrons. The third kappa shape index (κ3) is 2.75. The Balaban J connectivity index is 1.79. The van der Waals surface area contributed by atoms with Crippen LogP contribution in [0.1, 0.15) is 46.7 Å². The van der Waals surface area contributed by atoms with Crippen LogP contribution in [0.2, 0.25) is 5.15 Å². The Labute approximate surface area is 123 Å². The molecule has 1 aliphatic rings. The molecule has 3 rings (SSSR count). The van der Waals surface area contributed by atoms with Crippen molar-refractivity contribution >= 4 is 17.4 Å². The van der Waals surface area contributed by atoms with Crippen LogP contribution in [0.3, 0.4) is 0 Å². The van der Waals surface area contributed by atoms with Crippen LogP contribution in [-0.2, 0) is 6.42 Å². The summed E-state index contributed by atoms with van der Waals surface area (Å²) in [4.78, 5) is 16.3. The first-order valence-corrected chi connectivity index (χ1v) is 7.34. The third-order valence-corrected chi connectivity index (χ3v) is 4.20. The summed E-state index contributed by atoms with van der Waals surface area (Å²) in [6.45, 7) is 0. The molecule has 2 aromatic rings. The standard InChI is InChI=1S/C17H16ClNO/c18-17-9-8-14(11-19-17)16(20)10-13-6-3-5-12-4-1-2-7-15(12)13/h1-2,4,7-9,11,13H,3,5-6,10H2. The second kappa shape index (κ2) is 5.76. The molecule has 0 aliphatic heterocycles. The first-order chi connectivity index (χ1) is 9.74. The summed E-state index contributed by atoms with van der Waals surface area (Å²) < 4.78 is 0. The molecular weight excluding hydrogens is 270 g/mol. The van der Waals surface area contributed by atoms with Gasteiger partial charge in [0.05, 0.1) is 0 Å². The van der Waals surface area contributed by atoms with Gasteiger partial charge in [0.15, 0.2) is 5.78 Å². The number of benzene rings is 1. The van der Waals surface area contributed by atoms with Gasteiger partial charge in [0.2, 0.25) is 0 Å². The Morgan fingerprint density at radius 1 is 1.25 bits per heavy atom. The molecule has 0 amide bonds. The van der Waals surface area contributed by atoms with E-state index in [1.807, 2.05) is 0 Å². The van der Waals surface area contributed by atoms with E-state index >= 15 is 0 Å². The van der Waals surface area contributed by atoms with E-state index in [0.717, 1.165) is 19.3 Å². The van der Waals surface area contributed by atoms with Crippen LogP contribution in [0.25, 0.3) is 0 Å². The Kier molecular flexibility index (Phi) is 3.83. The molecule has 3 heteroatoms. The van der Waals surface area contributed by atoms with Gasteiger partial charge in [0.25, 0.3) is 0 Å². The lowest BCUT2D eigenvalue weighted by molar-refractivity contribution is 0.0970. The monoisotopic (exact) mass is 285 g/mol. The van der Waals surface area contributed by atoms with Crippen LogP contribution < -0.4 is 0 Å². The van der Waals surface area contributed by atoms with Gasteiger partial charge in [-0.2, -0.15) is 0 Å². The molecule has 1 aromatic heterocycles. The zero-order chi connectivity index (χ0) is 13.9. The lowest BCUT2D eigenvalue weighted by atomic mass is 9.80. The predicted molar refractivity (Wildman–Crippen MR) is 80.3 cm³/mol. The summed E-state index contributed by atoms with van der Waals surface area (Å²) in [5.41, 5.74) is 3.39. The molecule has 1 atom stereocenters. The Bertz CT molecular complexity index is 621. The van der Waals surface area contributed by atoms with E-state index in [0.29, 0.717) is 23.1 Å². The number of fused-ring (bicyclic) bond motifs is 1. The Morgan fingerprint density at radius 3 is 2.90 bits per heavy atom. The van der Waals surface area contributed by atoms with Crippen molar-refractivity contribution in [2.75, 3.05) is 0 Å². The minimum Gasteiger partial charge on any atom is -0.294 e. The highest BCUT2D eigenvalue weighted by molar-refractivity contribution is 6.29. The number of aromatic nitrogens is 1. The molecular formula is C17H16ClNO. The van der Waals surface area contributed by atoms with Crippen LogP contribution in [0, 0.1) is 0 Å². The van der Waals surface area contributed by atoms with Gasteiger partial charge >= 0.3 is 0 Å². The van der Waals surface area contributed by atoms with Crippen molar-refractivity contribution in [1.82, 2.24) is 4.98 Å². The molecule has 1 heterocycles. The van der Waals surface area contributed by atoms with E-state index in [1.165, 1.54) is 11.1 Å². The van der Waals surface area contributed by atoms with E-state index in [4.69, 9.17) is 11.6 Å². The summed E-state index contributed by atoms with van der Waals surface area (Å²) >= 11 is 5.75. The van der Waals surface area contributed by atoms with Crippen LogP contribution in [0.5, 0.6) is 0 Å². The van der Waals surface area contributed by atoms with Crippen molar-refractivity contribution in [1.29, 1.82) is 0 Å². The molecule has 2 nitrogen and oxygen atoms in total. The Morgan fingerprint density at radius 2 is 2.10 bits per heavy atom. The van der Waals surface area contributed by atoms with Crippen molar-refractivity contribution < 1.29 is 4.79 Å². The maximum atomic E-state index is 12.4. The summed E-state index contributed by atoms with van der Waals surface area (Å²) in [6.07, 6.45) is 5.50. The lowest BCUT2D eigenvalue weighted by Gasteiger charge is -2.24. The number of nitrogens with zero attached hydrogens (tertiary/aromatic N) is 1. The maximum absolute atomic E-state index is 12.4. The molecule has 1 unspecified atom stereocenters. The van der Waals surface area contributed by atoms with Crippen molar-refractivity contribution in [3.63, 3.8) is 0 Å². The molecule has 0 radical (unpaired) electrons. The fraction of sp³-hybridized carbons (Fsp3) is 0.294. The molecule has 20 heavy (non-hydrogen) atoms. The minimum atomic E-state index is 0.149. The number of hydrogen-bond donors (Lipinski definition) is 0. The second-order valence-electron chi connectivity index (χ2n) is 5.28. The van der Waals surface area contributed by atoms with Crippen LogP contribution >= 0.6 is 11.6 Å². The lowest BCUT2D eigenvalue weighted by Crippen LogP contribution is -2.14. The normalized spacial score (nSPS) is 17.6. The topological polar surface area (TPSA) is 30.0 Å². The Hall–Kier alpha value is -1.67. The smallest absolute Gasteiger partial charge is 0.165 e. The van der Waals surface area contributed by atoms with Crippen molar-refractivity contribution in [3.05, 3.63) is 64.4 Å². The fourth-order valence-corrected chi connectivity index (χ4v) is 3.06. The van der Waals surface area contributed by atoms with E-state index < -0.39 is 0 Å². The highest BCUT2D eigenvalue weighted by Crippen LogP contribution is 2.34. The largest absolute Gasteiger partial charge is 0.294 e. The summed E-state index contributed by atoms with van der Waals surface area (Å²) in [5, 5.41) is 0.421. The molecule has 0 saturated carbocycles. The maximum Gasteiger partial charge on any atom is 0.165 e. The van der Waals surface area contributed by atoms with Gasteiger partial charge < -0.3 is 0 Å². The number of carbonyl (C=O) groups is 1. The van der Waals surface area contributed by atoms with E-state index in [-0.39, 0.29) is 5.78 Å². The minimum absolute atomic E-state index is 0.149. The zero-order valence-corrected chi connectivity index (χ0v) is 11.9. The molecule has 0 spiro atoms. The number of hydrogen-bond acceptors (Lipinski definition) is 2. The van der Waals surface area contributed by atoms with Crippen LogP contribution in [0.4, 0.5) is 0 Å². The van der Waals surface area contributed by atoms with Crippen molar-refractivity contribution in [2.45, 2.75) is 31.6 Å². The quantitative estimate of drug-likeness (QED) is 0.617. The molecule has 1 aromatic carbocycles. The van der Waals surface area contributed by atoms with Gasteiger partial charge in [-0.1, -0.05) is 35.9 Å². The summed E-state index contributed by atoms with van der Waals surface area (Å²) in [6, 6.07) is 11.9. The first kappa shape index (κ1) is 13.3. The molecule has 0 N–H and O–H groups in total.